The topological polar surface area (TPSA) is 87.6 Å². The van der Waals surface area contributed by atoms with E-state index in [-0.39, 0.29) is 18.3 Å². The molecular formula is C18H23ClN6O. The van der Waals surface area contributed by atoms with Crippen LogP contribution in [-0.4, -0.2) is 38.7 Å². The number of piperidine rings is 1. The van der Waals surface area contributed by atoms with Gasteiger partial charge in [0.05, 0.1) is 0 Å². The van der Waals surface area contributed by atoms with Gasteiger partial charge in [-0.3, -0.25) is 10.1 Å². The van der Waals surface area contributed by atoms with E-state index in [2.05, 4.69) is 25.7 Å². The number of hydrogen-bond acceptors (Lipinski definition) is 4. The van der Waals surface area contributed by atoms with Crippen LogP contribution < -0.4 is 10.6 Å². The largest absolute Gasteiger partial charge is 0.351 e. The molecule has 3 aromatic rings. The molecule has 0 aliphatic carbocycles. The van der Waals surface area contributed by atoms with Gasteiger partial charge in [-0.25, -0.2) is 4.68 Å². The highest BCUT2D eigenvalue weighted by Gasteiger charge is 2.21. The van der Waals surface area contributed by atoms with Crippen LogP contribution in [0.3, 0.4) is 0 Å². The molecule has 4 rings (SSSR count). The molecule has 1 aliphatic heterocycles. The van der Waals surface area contributed by atoms with Crippen LogP contribution in [0.2, 0.25) is 0 Å². The number of amides is 1. The Hall–Kier alpha value is -2.38. The van der Waals surface area contributed by atoms with Crippen LogP contribution in [0.5, 0.6) is 0 Å². The second-order valence-electron chi connectivity index (χ2n) is 6.67. The van der Waals surface area contributed by atoms with E-state index >= 15 is 0 Å². The molecule has 2 aromatic heterocycles. The van der Waals surface area contributed by atoms with Gasteiger partial charge in [-0.2, -0.15) is 10.1 Å². The molecule has 0 atom stereocenters. The summed E-state index contributed by atoms with van der Waals surface area (Å²) in [6.45, 7) is 4.00. The number of hydrogen-bond donors (Lipinski definition) is 3. The van der Waals surface area contributed by atoms with Crippen LogP contribution >= 0.6 is 12.4 Å². The molecule has 0 saturated carbocycles. The molecule has 1 aliphatic rings. The number of fused-ring (bicyclic) bond motifs is 1. The van der Waals surface area contributed by atoms with Crippen molar-refractivity contribution < 1.29 is 4.79 Å². The molecule has 0 spiro atoms. The summed E-state index contributed by atoms with van der Waals surface area (Å²) < 4.78 is 1.64. The van der Waals surface area contributed by atoms with Crippen molar-refractivity contribution >= 4 is 35.2 Å². The number of nitrogens with zero attached hydrogens (tertiary/aromatic N) is 3. The van der Waals surface area contributed by atoms with Crippen LogP contribution in [0, 0.1) is 6.92 Å². The summed E-state index contributed by atoms with van der Waals surface area (Å²) in [7, 11) is 1.81. The van der Waals surface area contributed by atoms with Crippen molar-refractivity contribution in [2.75, 3.05) is 18.4 Å². The van der Waals surface area contributed by atoms with Gasteiger partial charge in [0.15, 0.2) is 5.82 Å². The molecule has 0 bridgehead atoms. The number of benzene rings is 1. The number of aromatic nitrogens is 4. The summed E-state index contributed by atoms with van der Waals surface area (Å²) in [5.41, 5.74) is 2.63. The minimum absolute atomic E-state index is 0. The molecule has 3 heterocycles. The standard InChI is InChI=1S/C18H22N6O.ClH/c1-11-3-4-13-10-15(20-14(13)9-11)17(25)22-18-21-16(23-24(18)2)12-5-7-19-8-6-12;/h3-4,9-10,12,19-20H,5-8H2,1-2H3,(H,21,22,23,25);1H. The Morgan fingerprint density at radius 2 is 2.04 bits per heavy atom. The van der Waals surface area contributed by atoms with Crippen molar-refractivity contribution in [1.29, 1.82) is 0 Å². The minimum Gasteiger partial charge on any atom is -0.351 e. The molecule has 1 aromatic carbocycles. The van der Waals surface area contributed by atoms with E-state index in [1.807, 2.05) is 38.2 Å². The lowest BCUT2D eigenvalue weighted by Crippen LogP contribution is -2.27. The summed E-state index contributed by atoms with van der Waals surface area (Å²) in [4.78, 5) is 20.3. The molecule has 1 saturated heterocycles. The number of carbonyl (C=O) groups excluding carboxylic acids is 1. The number of H-pyrrole nitrogens is 1. The van der Waals surface area contributed by atoms with Crippen LogP contribution in [0.25, 0.3) is 10.9 Å². The first kappa shape index (κ1) is 18.4. The van der Waals surface area contributed by atoms with Crippen molar-refractivity contribution in [2.24, 2.45) is 7.05 Å². The first-order valence-corrected chi connectivity index (χ1v) is 8.62. The molecule has 26 heavy (non-hydrogen) atoms. The fourth-order valence-corrected chi connectivity index (χ4v) is 3.30. The zero-order chi connectivity index (χ0) is 17.4. The number of anilines is 1. The van der Waals surface area contributed by atoms with Crippen LogP contribution in [0.15, 0.2) is 24.3 Å². The minimum atomic E-state index is -0.207. The summed E-state index contributed by atoms with van der Waals surface area (Å²) >= 11 is 0. The van der Waals surface area contributed by atoms with E-state index in [4.69, 9.17) is 0 Å². The van der Waals surface area contributed by atoms with E-state index < -0.39 is 0 Å². The van der Waals surface area contributed by atoms with Crippen molar-refractivity contribution in [3.05, 3.63) is 41.3 Å². The van der Waals surface area contributed by atoms with Gasteiger partial charge >= 0.3 is 0 Å². The molecule has 1 fully saturated rings. The van der Waals surface area contributed by atoms with Gasteiger partial charge in [0.25, 0.3) is 5.91 Å². The second-order valence-corrected chi connectivity index (χ2v) is 6.67. The number of nitrogens with one attached hydrogen (secondary N) is 3. The van der Waals surface area contributed by atoms with E-state index in [1.165, 1.54) is 0 Å². The maximum atomic E-state index is 12.6. The molecule has 7 nitrogen and oxygen atoms in total. The van der Waals surface area contributed by atoms with E-state index in [9.17, 15) is 4.79 Å². The highest BCUT2D eigenvalue weighted by Crippen LogP contribution is 2.23. The van der Waals surface area contributed by atoms with Crippen molar-refractivity contribution in [2.45, 2.75) is 25.7 Å². The van der Waals surface area contributed by atoms with Crippen molar-refractivity contribution in [3.8, 4) is 0 Å². The Bertz CT molecular complexity index is 925. The lowest BCUT2D eigenvalue weighted by atomic mass is 9.98. The number of aryl methyl sites for hydroxylation is 2. The Morgan fingerprint density at radius 3 is 2.81 bits per heavy atom. The molecule has 3 N–H and O–H groups in total. The number of halogens is 1. The first-order valence-electron chi connectivity index (χ1n) is 8.62. The van der Waals surface area contributed by atoms with Gasteiger partial charge in [-0.05, 0) is 50.6 Å². The Balaban J connectivity index is 0.00000196. The van der Waals surface area contributed by atoms with E-state index in [0.29, 0.717) is 17.6 Å². The normalized spacial score (nSPS) is 15.0. The SMILES string of the molecule is Cc1ccc2cc(C(=O)Nc3nc(C4CCNCC4)nn3C)[nH]c2c1.Cl. The highest BCUT2D eigenvalue weighted by atomic mass is 35.5. The summed E-state index contributed by atoms with van der Waals surface area (Å²) in [5, 5.41) is 11.7. The summed E-state index contributed by atoms with van der Waals surface area (Å²) in [6.07, 6.45) is 2.05. The average molecular weight is 375 g/mol. The van der Waals surface area contributed by atoms with Gasteiger partial charge in [0.1, 0.15) is 5.69 Å². The smallest absolute Gasteiger partial charge is 0.274 e. The Labute approximate surface area is 158 Å². The molecule has 0 radical (unpaired) electrons. The number of rotatable bonds is 3. The van der Waals surface area contributed by atoms with Crippen molar-refractivity contribution in [3.63, 3.8) is 0 Å². The van der Waals surface area contributed by atoms with Gasteiger partial charge in [-0.1, -0.05) is 12.1 Å². The van der Waals surface area contributed by atoms with Crippen molar-refractivity contribution in [1.82, 2.24) is 25.1 Å². The number of aromatic amines is 1. The molecule has 138 valence electrons. The van der Waals surface area contributed by atoms with E-state index in [1.54, 1.807) is 4.68 Å². The predicted molar refractivity (Wildman–Crippen MR) is 104 cm³/mol. The fourth-order valence-electron chi connectivity index (χ4n) is 3.30. The zero-order valence-corrected chi connectivity index (χ0v) is 15.7. The third-order valence-corrected chi connectivity index (χ3v) is 4.73. The van der Waals surface area contributed by atoms with Crippen LogP contribution in [-0.2, 0) is 7.05 Å². The van der Waals surface area contributed by atoms with Crippen LogP contribution in [0.4, 0.5) is 5.95 Å². The molecule has 8 heteroatoms. The molecular weight excluding hydrogens is 352 g/mol. The Morgan fingerprint density at radius 1 is 1.27 bits per heavy atom. The maximum absolute atomic E-state index is 12.6. The third-order valence-electron chi connectivity index (χ3n) is 4.73. The second kappa shape index (κ2) is 7.47. The quantitative estimate of drug-likeness (QED) is 0.657. The zero-order valence-electron chi connectivity index (χ0n) is 14.9. The highest BCUT2D eigenvalue weighted by molar-refractivity contribution is 6.05. The summed E-state index contributed by atoms with van der Waals surface area (Å²) in [6, 6.07) is 7.93. The number of carbonyl (C=O) groups is 1. The van der Waals surface area contributed by atoms with E-state index in [0.717, 1.165) is 48.2 Å². The first-order chi connectivity index (χ1) is 12.1. The molecule has 0 unspecified atom stereocenters. The Kier molecular flexibility index (Phi) is 5.29. The predicted octanol–water partition coefficient (Wildman–Crippen LogP) is 2.75. The lowest BCUT2D eigenvalue weighted by Gasteiger charge is -2.19. The third kappa shape index (κ3) is 3.59. The van der Waals surface area contributed by atoms with Gasteiger partial charge in [0.2, 0.25) is 5.95 Å². The van der Waals surface area contributed by atoms with Crippen LogP contribution in [0.1, 0.15) is 40.6 Å². The monoisotopic (exact) mass is 374 g/mol. The van der Waals surface area contributed by atoms with Gasteiger partial charge in [0, 0.05) is 23.9 Å². The fraction of sp³-hybridized carbons (Fsp3) is 0.389. The summed E-state index contributed by atoms with van der Waals surface area (Å²) in [5.74, 6) is 1.44. The average Bonchev–Trinajstić information content (AvgIpc) is 3.19. The van der Waals surface area contributed by atoms with Gasteiger partial charge < -0.3 is 10.3 Å². The maximum Gasteiger partial charge on any atom is 0.274 e. The lowest BCUT2D eigenvalue weighted by molar-refractivity contribution is 0.102. The molecule has 1 amide bonds. The van der Waals surface area contributed by atoms with Gasteiger partial charge in [-0.15, -0.1) is 12.4 Å².